The monoisotopic (exact) mass is 748 g/mol. The summed E-state index contributed by atoms with van der Waals surface area (Å²) in [6.07, 6.45) is 0.649. The van der Waals surface area contributed by atoms with Gasteiger partial charge in [0.15, 0.2) is 0 Å². The van der Waals surface area contributed by atoms with Crippen molar-refractivity contribution in [1.82, 2.24) is 0 Å². The van der Waals surface area contributed by atoms with Gasteiger partial charge in [-0.1, -0.05) is 217 Å². The third-order valence-corrected chi connectivity index (χ3v) is 20.1. The molecular weight excluding hydrogens is 693 g/mol. The summed E-state index contributed by atoms with van der Waals surface area (Å²) in [6.45, 7) is 16.7. The second-order valence-electron chi connectivity index (χ2n) is 15.9. The van der Waals surface area contributed by atoms with Gasteiger partial charge in [-0.05, 0) is 43.3 Å². The van der Waals surface area contributed by atoms with E-state index < -0.39 is 16.6 Å². The van der Waals surface area contributed by atoms with Crippen LogP contribution in [-0.2, 0) is 20.2 Å². The van der Waals surface area contributed by atoms with E-state index in [9.17, 15) is 0 Å². The van der Waals surface area contributed by atoms with Crippen LogP contribution in [0.4, 0.5) is 0 Å². The van der Waals surface area contributed by atoms with E-state index in [1.165, 1.54) is 20.7 Å². The highest BCUT2D eigenvalue weighted by Gasteiger charge is 2.51. The van der Waals surface area contributed by atoms with Crippen LogP contribution in [0.1, 0.15) is 66.9 Å². The lowest BCUT2D eigenvalue weighted by molar-refractivity contribution is 0.0474. The van der Waals surface area contributed by atoms with E-state index in [0.29, 0.717) is 26.1 Å². The maximum atomic E-state index is 7.21. The molecule has 0 saturated heterocycles. The van der Waals surface area contributed by atoms with Crippen molar-refractivity contribution in [3.63, 3.8) is 0 Å². The Kier molecular flexibility index (Phi) is 14.1. The molecule has 3 nitrogen and oxygen atoms in total. The third kappa shape index (κ3) is 9.79. The van der Waals surface area contributed by atoms with Gasteiger partial charge in [0, 0.05) is 12.8 Å². The highest BCUT2D eigenvalue weighted by atomic mass is 28.4. The van der Waals surface area contributed by atoms with Crippen LogP contribution in [-0.4, -0.2) is 35.4 Å². The van der Waals surface area contributed by atoms with Crippen LogP contribution in [0, 0.1) is 23.7 Å². The van der Waals surface area contributed by atoms with Gasteiger partial charge in [0.2, 0.25) is 0 Å². The smallest absolute Gasteiger partial charge is 0.262 e. The van der Waals surface area contributed by atoms with Crippen molar-refractivity contribution in [2.24, 2.45) is 0 Å². The zero-order chi connectivity index (χ0) is 38.5. The minimum absolute atomic E-state index is 0.110. The summed E-state index contributed by atoms with van der Waals surface area (Å²) in [5.74, 6) is 13.7. The van der Waals surface area contributed by atoms with Crippen LogP contribution >= 0.6 is 0 Å². The number of benzene rings is 5. The van der Waals surface area contributed by atoms with Crippen molar-refractivity contribution in [2.45, 2.75) is 90.2 Å². The highest BCUT2D eigenvalue weighted by Crippen LogP contribution is 2.38. The van der Waals surface area contributed by atoms with Gasteiger partial charge in [-0.25, -0.2) is 0 Å². The number of ether oxygens (including phenoxy) is 1. The zero-order valence-electron chi connectivity index (χ0n) is 33.1. The minimum Gasteiger partial charge on any atom is -0.396 e. The fraction of sp³-hybridized carbons (Fsp3) is 0.306. The first-order chi connectivity index (χ1) is 26.0. The summed E-state index contributed by atoms with van der Waals surface area (Å²) in [4.78, 5) is 0. The SMILES string of the molecule is CC(C#CCC(CC#CCO[Si](c1ccccc1)(c1ccccc1)C(C)(C)C)OCc1ccccc1)O[Si](c1ccccc1)(c1ccccc1)C(C)(C)C. The van der Waals surface area contributed by atoms with Crippen LogP contribution in [0.3, 0.4) is 0 Å². The van der Waals surface area contributed by atoms with Crippen molar-refractivity contribution < 1.29 is 13.6 Å². The van der Waals surface area contributed by atoms with Gasteiger partial charge in [0.1, 0.15) is 6.10 Å². The molecule has 0 saturated carbocycles. The van der Waals surface area contributed by atoms with Crippen LogP contribution in [0.25, 0.3) is 0 Å². The fourth-order valence-corrected chi connectivity index (χ4v) is 16.5. The third-order valence-electron chi connectivity index (χ3n) is 9.97. The predicted octanol–water partition coefficient (Wildman–Crippen LogP) is 8.90. The lowest BCUT2D eigenvalue weighted by Gasteiger charge is -2.44. The summed E-state index contributed by atoms with van der Waals surface area (Å²) < 4.78 is 20.7. The van der Waals surface area contributed by atoms with E-state index in [0.717, 1.165) is 5.56 Å². The van der Waals surface area contributed by atoms with E-state index in [1.54, 1.807) is 0 Å². The van der Waals surface area contributed by atoms with Crippen LogP contribution in [0.15, 0.2) is 152 Å². The first-order valence-electron chi connectivity index (χ1n) is 19.1. The Bertz CT molecular complexity index is 1900. The van der Waals surface area contributed by atoms with Crippen molar-refractivity contribution in [3.05, 3.63) is 157 Å². The average Bonchev–Trinajstić information content (AvgIpc) is 3.18. The summed E-state index contributed by atoms with van der Waals surface area (Å²) >= 11 is 0. The molecule has 278 valence electrons. The molecule has 0 spiro atoms. The van der Waals surface area contributed by atoms with Crippen molar-refractivity contribution in [1.29, 1.82) is 0 Å². The molecule has 0 aliphatic heterocycles. The van der Waals surface area contributed by atoms with Gasteiger partial charge in [-0.2, -0.15) is 0 Å². The van der Waals surface area contributed by atoms with Crippen molar-refractivity contribution in [3.8, 4) is 23.7 Å². The molecule has 2 atom stereocenters. The number of hydrogen-bond acceptors (Lipinski definition) is 3. The molecule has 0 aliphatic carbocycles. The molecular formula is C49H56O3Si2. The van der Waals surface area contributed by atoms with Crippen LogP contribution in [0.2, 0.25) is 10.1 Å². The Balaban J connectivity index is 1.36. The molecule has 5 aromatic carbocycles. The predicted molar refractivity (Wildman–Crippen MR) is 232 cm³/mol. The number of hydrogen-bond donors (Lipinski definition) is 0. The molecule has 5 aromatic rings. The molecule has 5 heteroatoms. The molecule has 0 radical (unpaired) electrons. The van der Waals surface area contributed by atoms with Gasteiger partial charge in [0.25, 0.3) is 16.6 Å². The van der Waals surface area contributed by atoms with E-state index in [1.807, 2.05) is 18.2 Å². The Morgan fingerprint density at radius 2 is 0.889 bits per heavy atom. The minimum atomic E-state index is -2.72. The second kappa shape index (κ2) is 18.7. The van der Waals surface area contributed by atoms with E-state index in [-0.39, 0.29) is 22.3 Å². The first kappa shape index (κ1) is 40.7. The Labute approximate surface area is 327 Å². The molecule has 0 amide bonds. The average molecular weight is 749 g/mol. The summed E-state index contributed by atoms with van der Waals surface area (Å²) in [6, 6.07) is 53.1. The van der Waals surface area contributed by atoms with Crippen LogP contribution < -0.4 is 20.7 Å². The fourth-order valence-electron chi connectivity index (χ4n) is 7.42. The quantitative estimate of drug-likeness (QED) is 0.0890. The lowest BCUT2D eigenvalue weighted by Crippen LogP contribution is -2.67. The highest BCUT2D eigenvalue weighted by molar-refractivity contribution is 7.00. The molecule has 0 heterocycles. The van der Waals surface area contributed by atoms with Gasteiger partial charge >= 0.3 is 0 Å². The van der Waals surface area contributed by atoms with Gasteiger partial charge in [-0.3, -0.25) is 0 Å². The summed E-state index contributed by atoms with van der Waals surface area (Å²) in [5, 5.41) is 4.76. The molecule has 0 aliphatic rings. The maximum absolute atomic E-state index is 7.21. The van der Waals surface area contributed by atoms with Gasteiger partial charge < -0.3 is 13.6 Å². The second-order valence-corrected chi connectivity index (χ2v) is 24.4. The van der Waals surface area contributed by atoms with E-state index in [2.05, 4.69) is 206 Å². The number of rotatable bonds is 13. The van der Waals surface area contributed by atoms with Crippen molar-refractivity contribution in [2.75, 3.05) is 6.61 Å². The standard InChI is InChI=1S/C49H56O3Si2/c1-41(52-54(49(5,6)7,46-35-19-11-20-36-46)47-37-21-12-22-38-47)26-25-30-43(50-40-42-27-13-8-14-28-42)29-23-24-39-51-53(48(2,3)4,44-31-15-9-16-32-44)45-33-17-10-18-34-45/h8-22,27-28,31-38,41,43H,29-30,39-40H2,1-7H3. The molecule has 2 unspecified atom stereocenters. The first-order valence-corrected chi connectivity index (χ1v) is 22.9. The summed E-state index contributed by atoms with van der Waals surface area (Å²) in [5.41, 5.74) is 1.13. The van der Waals surface area contributed by atoms with Gasteiger partial charge in [-0.15, -0.1) is 0 Å². The maximum Gasteiger partial charge on any atom is 0.262 e. The molecule has 0 fully saturated rings. The Hall–Kier alpha value is -4.47. The van der Waals surface area contributed by atoms with E-state index >= 15 is 0 Å². The van der Waals surface area contributed by atoms with Crippen LogP contribution in [0.5, 0.6) is 0 Å². The molecule has 5 rings (SSSR count). The normalized spacial score (nSPS) is 13.2. The Morgan fingerprint density at radius 1 is 0.500 bits per heavy atom. The topological polar surface area (TPSA) is 27.7 Å². The van der Waals surface area contributed by atoms with Crippen molar-refractivity contribution >= 4 is 37.4 Å². The molecule has 0 aromatic heterocycles. The molecule has 0 N–H and O–H groups in total. The molecule has 54 heavy (non-hydrogen) atoms. The lowest BCUT2D eigenvalue weighted by atomic mass is 10.1. The zero-order valence-corrected chi connectivity index (χ0v) is 35.1. The molecule has 0 bridgehead atoms. The largest absolute Gasteiger partial charge is 0.396 e. The van der Waals surface area contributed by atoms with Gasteiger partial charge in [0.05, 0.1) is 19.3 Å². The summed E-state index contributed by atoms with van der Waals surface area (Å²) in [7, 11) is -5.39. The van der Waals surface area contributed by atoms with E-state index in [4.69, 9.17) is 13.6 Å². The Morgan fingerprint density at radius 3 is 1.31 bits per heavy atom.